The van der Waals surface area contributed by atoms with E-state index < -0.39 is 0 Å². The molecule has 5 N–H and O–H groups in total. The first-order valence-electron chi connectivity index (χ1n) is 5.50. The van der Waals surface area contributed by atoms with E-state index in [1.807, 2.05) is 6.92 Å². The van der Waals surface area contributed by atoms with Crippen molar-refractivity contribution in [2.45, 2.75) is 19.0 Å². The zero-order valence-corrected chi connectivity index (χ0v) is 11.2. The van der Waals surface area contributed by atoms with Gasteiger partial charge in [0.2, 0.25) is 5.91 Å². The highest BCUT2D eigenvalue weighted by Crippen LogP contribution is 2.32. The summed E-state index contributed by atoms with van der Waals surface area (Å²) in [5.74, 6) is 4.64. The summed E-state index contributed by atoms with van der Waals surface area (Å²) in [6.45, 7) is 1.90. The van der Waals surface area contributed by atoms with Crippen molar-refractivity contribution in [1.82, 2.24) is 16.3 Å². The number of hydrogen-bond acceptors (Lipinski definition) is 4. The van der Waals surface area contributed by atoms with E-state index in [2.05, 4.69) is 16.3 Å². The minimum Gasteiger partial charge on any atom is -0.294 e. The van der Waals surface area contributed by atoms with Gasteiger partial charge in [-0.15, -0.1) is 0 Å². The maximum atomic E-state index is 11.8. The van der Waals surface area contributed by atoms with Crippen molar-refractivity contribution in [3.8, 4) is 0 Å². The quantitative estimate of drug-likeness (QED) is 0.374. The van der Waals surface area contributed by atoms with Crippen LogP contribution in [0.3, 0.4) is 0 Å². The van der Waals surface area contributed by atoms with Crippen LogP contribution in [0.25, 0.3) is 0 Å². The average molecular weight is 289 g/mol. The van der Waals surface area contributed by atoms with Gasteiger partial charge in [-0.3, -0.25) is 15.6 Å². The fourth-order valence-electron chi connectivity index (χ4n) is 2.21. The van der Waals surface area contributed by atoms with Gasteiger partial charge in [0.25, 0.3) is 0 Å². The second-order valence-electron chi connectivity index (χ2n) is 4.29. The van der Waals surface area contributed by atoms with Gasteiger partial charge in [-0.2, -0.15) is 0 Å². The van der Waals surface area contributed by atoms with Crippen LogP contribution in [0.2, 0.25) is 10.0 Å². The molecule has 1 saturated heterocycles. The molecule has 18 heavy (non-hydrogen) atoms. The lowest BCUT2D eigenvalue weighted by Gasteiger charge is -2.19. The Balaban J connectivity index is 2.34. The molecule has 1 heterocycles. The van der Waals surface area contributed by atoms with E-state index in [1.165, 1.54) is 0 Å². The van der Waals surface area contributed by atoms with Crippen molar-refractivity contribution < 1.29 is 4.79 Å². The summed E-state index contributed by atoms with van der Waals surface area (Å²) in [7, 11) is 0. The van der Waals surface area contributed by atoms with Crippen molar-refractivity contribution in [1.29, 1.82) is 0 Å². The van der Waals surface area contributed by atoms with Gasteiger partial charge in [0, 0.05) is 16.1 Å². The third kappa shape index (κ3) is 2.60. The van der Waals surface area contributed by atoms with E-state index in [-0.39, 0.29) is 23.9 Å². The standard InChI is InChI=1S/C11H14Cl2N4O/c1-5-9(11(18)15-14)10(17-16-5)6-2-7(12)4-8(13)3-6/h2-5,9-10,16-17H,14H2,1H3,(H,15,18). The molecule has 3 unspecified atom stereocenters. The Morgan fingerprint density at radius 2 is 1.89 bits per heavy atom. The molecule has 0 aliphatic carbocycles. The molecule has 0 spiro atoms. The molecule has 0 bridgehead atoms. The van der Waals surface area contributed by atoms with Gasteiger partial charge >= 0.3 is 0 Å². The molecule has 1 fully saturated rings. The summed E-state index contributed by atoms with van der Waals surface area (Å²) in [6, 6.07) is 4.94. The maximum Gasteiger partial charge on any atom is 0.240 e. The van der Waals surface area contributed by atoms with E-state index in [9.17, 15) is 4.79 Å². The second-order valence-corrected chi connectivity index (χ2v) is 5.17. The van der Waals surface area contributed by atoms with Crippen LogP contribution >= 0.6 is 23.2 Å². The van der Waals surface area contributed by atoms with Crippen LogP contribution in [0, 0.1) is 5.92 Å². The van der Waals surface area contributed by atoms with E-state index in [4.69, 9.17) is 29.0 Å². The van der Waals surface area contributed by atoms with Gasteiger partial charge < -0.3 is 0 Å². The van der Waals surface area contributed by atoms with E-state index in [0.717, 1.165) is 5.56 Å². The summed E-state index contributed by atoms with van der Waals surface area (Å²) >= 11 is 11.9. The van der Waals surface area contributed by atoms with Gasteiger partial charge in [-0.25, -0.2) is 11.3 Å². The zero-order valence-electron chi connectivity index (χ0n) is 9.71. The lowest BCUT2D eigenvalue weighted by Crippen LogP contribution is -2.41. The number of benzene rings is 1. The average Bonchev–Trinajstić information content (AvgIpc) is 2.69. The molecule has 98 valence electrons. The molecule has 2 rings (SSSR count). The molecule has 7 heteroatoms. The number of halogens is 2. The Morgan fingerprint density at radius 1 is 1.28 bits per heavy atom. The summed E-state index contributed by atoms with van der Waals surface area (Å²) in [6.07, 6.45) is 0. The Labute approximate surface area is 115 Å². The Bertz CT molecular complexity index is 448. The molecular weight excluding hydrogens is 275 g/mol. The summed E-state index contributed by atoms with van der Waals surface area (Å²) in [5, 5.41) is 1.07. The number of rotatable bonds is 2. The third-order valence-electron chi connectivity index (χ3n) is 3.05. The molecular formula is C11H14Cl2N4O. The molecule has 5 nitrogen and oxygen atoms in total. The molecule has 1 aliphatic heterocycles. The number of hydrogen-bond donors (Lipinski definition) is 4. The van der Waals surface area contributed by atoms with Crippen LogP contribution in [-0.4, -0.2) is 11.9 Å². The second kappa shape index (κ2) is 5.42. The van der Waals surface area contributed by atoms with Crippen molar-refractivity contribution in [2.24, 2.45) is 11.8 Å². The number of amides is 1. The van der Waals surface area contributed by atoms with Crippen LogP contribution in [0.5, 0.6) is 0 Å². The van der Waals surface area contributed by atoms with Crippen molar-refractivity contribution in [2.75, 3.05) is 0 Å². The van der Waals surface area contributed by atoms with Crippen LogP contribution in [0.4, 0.5) is 0 Å². The summed E-state index contributed by atoms with van der Waals surface area (Å²) in [4.78, 5) is 11.8. The first-order chi connectivity index (χ1) is 8.52. The smallest absolute Gasteiger partial charge is 0.240 e. The number of nitrogens with two attached hydrogens (primary N) is 1. The molecule has 1 aliphatic rings. The predicted molar refractivity (Wildman–Crippen MR) is 70.8 cm³/mol. The predicted octanol–water partition coefficient (Wildman–Crippen LogP) is 1.14. The zero-order chi connectivity index (χ0) is 13.3. The van der Waals surface area contributed by atoms with Gasteiger partial charge in [0.05, 0.1) is 12.0 Å². The number of carbonyl (C=O) groups is 1. The monoisotopic (exact) mass is 288 g/mol. The first-order valence-corrected chi connectivity index (χ1v) is 6.26. The summed E-state index contributed by atoms with van der Waals surface area (Å²) in [5.41, 5.74) is 9.11. The lowest BCUT2D eigenvalue weighted by atomic mass is 9.90. The Kier molecular flexibility index (Phi) is 4.09. The van der Waals surface area contributed by atoms with E-state index >= 15 is 0 Å². The molecule has 1 amide bonds. The summed E-state index contributed by atoms with van der Waals surface area (Å²) < 4.78 is 0. The van der Waals surface area contributed by atoms with Gasteiger partial charge in [0.15, 0.2) is 0 Å². The van der Waals surface area contributed by atoms with Gasteiger partial charge in [0.1, 0.15) is 0 Å². The number of carbonyl (C=O) groups excluding carboxylic acids is 1. The van der Waals surface area contributed by atoms with Crippen molar-refractivity contribution in [3.05, 3.63) is 33.8 Å². The maximum absolute atomic E-state index is 11.8. The number of hydrazine groups is 2. The Morgan fingerprint density at radius 3 is 2.44 bits per heavy atom. The highest BCUT2D eigenvalue weighted by molar-refractivity contribution is 6.34. The van der Waals surface area contributed by atoms with E-state index in [1.54, 1.807) is 18.2 Å². The lowest BCUT2D eigenvalue weighted by molar-refractivity contribution is -0.125. The normalized spacial score (nSPS) is 27.2. The van der Waals surface area contributed by atoms with Crippen LogP contribution in [-0.2, 0) is 4.79 Å². The molecule has 1 aromatic rings. The first kappa shape index (κ1) is 13.6. The van der Waals surface area contributed by atoms with Crippen LogP contribution < -0.4 is 22.1 Å². The van der Waals surface area contributed by atoms with Crippen molar-refractivity contribution in [3.63, 3.8) is 0 Å². The largest absolute Gasteiger partial charge is 0.294 e. The van der Waals surface area contributed by atoms with Crippen LogP contribution in [0.1, 0.15) is 18.5 Å². The minimum absolute atomic E-state index is 0.0451. The molecule has 1 aromatic carbocycles. The van der Waals surface area contributed by atoms with Gasteiger partial charge in [-0.1, -0.05) is 23.2 Å². The Hall–Kier alpha value is -0.850. The fraction of sp³-hybridized carbons (Fsp3) is 0.364. The molecule has 0 radical (unpaired) electrons. The van der Waals surface area contributed by atoms with Crippen LogP contribution in [0.15, 0.2) is 18.2 Å². The minimum atomic E-state index is -0.329. The van der Waals surface area contributed by atoms with E-state index in [0.29, 0.717) is 10.0 Å². The third-order valence-corrected chi connectivity index (χ3v) is 3.49. The van der Waals surface area contributed by atoms with Gasteiger partial charge in [-0.05, 0) is 30.7 Å². The molecule has 0 aromatic heterocycles. The fourth-order valence-corrected chi connectivity index (χ4v) is 2.75. The van der Waals surface area contributed by atoms with Crippen molar-refractivity contribution >= 4 is 29.1 Å². The number of nitrogens with one attached hydrogen (secondary N) is 3. The molecule has 0 saturated carbocycles. The highest BCUT2D eigenvalue weighted by Gasteiger charge is 2.39. The highest BCUT2D eigenvalue weighted by atomic mass is 35.5. The SMILES string of the molecule is CC1NNC(c2cc(Cl)cc(Cl)c2)C1C(=O)NN. The molecule has 3 atom stereocenters. The topological polar surface area (TPSA) is 79.2 Å².